The van der Waals surface area contributed by atoms with E-state index in [2.05, 4.69) is 10.2 Å². The van der Waals surface area contributed by atoms with Gasteiger partial charge in [-0.15, -0.1) is 0 Å². The highest BCUT2D eigenvalue weighted by atomic mass is 19.1. The van der Waals surface area contributed by atoms with Gasteiger partial charge in [-0.05, 0) is 37.3 Å². The van der Waals surface area contributed by atoms with E-state index in [1.807, 2.05) is 19.1 Å². The number of rotatable bonds is 6. The van der Waals surface area contributed by atoms with E-state index >= 15 is 0 Å². The molecule has 0 aliphatic carbocycles. The summed E-state index contributed by atoms with van der Waals surface area (Å²) in [6.45, 7) is 4.15. The van der Waals surface area contributed by atoms with Gasteiger partial charge >= 0.3 is 12.0 Å². The molecule has 3 aliphatic heterocycles. The lowest BCUT2D eigenvalue weighted by Gasteiger charge is -2.38. The Kier molecular flexibility index (Phi) is 6.49. The zero-order chi connectivity index (χ0) is 25.2. The molecule has 0 aromatic heterocycles. The number of para-hydroxylation sites is 1. The average molecular weight is 495 g/mol. The van der Waals surface area contributed by atoms with Crippen LogP contribution >= 0.6 is 0 Å². The van der Waals surface area contributed by atoms with Gasteiger partial charge in [-0.3, -0.25) is 9.69 Å². The molecule has 0 spiro atoms. The summed E-state index contributed by atoms with van der Waals surface area (Å²) in [5.74, 6) is -0.464. The number of urea groups is 1. The van der Waals surface area contributed by atoms with Crippen LogP contribution in [0.4, 0.5) is 14.9 Å². The third-order valence-corrected chi connectivity index (χ3v) is 6.65. The van der Waals surface area contributed by atoms with Crippen LogP contribution in [0, 0.1) is 5.82 Å². The minimum Gasteiger partial charge on any atom is -0.494 e. The van der Waals surface area contributed by atoms with E-state index in [4.69, 9.17) is 9.47 Å². The maximum absolute atomic E-state index is 13.2. The standard InChI is InChI=1S/C26H27FN4O5/c1-2-35-21-6-4-3-5-19(21)24-23-20(16-36-25(23)33)31(26(34)28-24)15-22(32)30-13-11-29(12-14-30)18-9-7-17(27)8-10-18/h3-10,24H,2,11-16H2,1H3,(H,28,34)/t24-/m1/s1. The van der Waals surface area contributed by atoms with Gasteiger partial charge in [0.1, 0.15) is 24.7 Å². The molecule has 3 amide bonds. The SMILES string of the molecule is CCOc1ccccc1[C@H]1NC(=O)N(CC(=O)N2CCN(c3ccc(F)cc3)CC2)C2=C1C(=O)OC2. The number of cyclic esters (lactones) is 1. The van der Waals surface area contributed by atoms with Crippen molar-refractivity contribution in [2.75, 3.05) is 50.8 Å². The van der Waals surface area contributed by atoms with Crippen LogP contribution in [0.25, 0.3) is 0 Å². The lowest BCUT2D eigenvalue weighted by Crippen LogP contribution is -2.54. The lowest BCUT2D eigenvalue weighted by molar-refractivity contribution is -0.136. The van der Waals surface area contributed by atoms with Crippen LogP contribution in [0.1, 0.15) is 18.5 Å². The number of nitrogens with zero attached hydrogens (tertiary/aromatic N) is 3. The summed E-state index contributed by atoms with van der Waals surface area (Å²) in [6, 6.07) is 12.3. The molecule has 0 radical (unpaired) electrons. The van der Waals surface area contributed by atoms with Gasteiger partial charge in [-0.25, -0.2) is 14.0 Å². The maximum Gasteiger partial charge on any atom is 0.338 e. The fourth-order valence-corrected chi connectivity index (χ4v) is 4.82. The summed E-state index contributed by atoms with van der Waals surface area (Å²) in [7, 11) is 0. The number of nitrogens with one attached hydrogen (secondary N) is 1. The normalized spacial score (nSPS) is 19.7. The minimum absolute atomic E-state index is 0.0689. The Morgan fingerprint density at radius 2 is 1.81 bits per heavy atom. The summed E-state index contributed by atoms with van der Waals surface area (Å²) < 4.78 is 24.2. The highest BCUT2D eigenvalue weighted by molar-refractivity contribution is 5.98. The summed E-state index contributed by atoms with van der Waals surface area (Å²) in [5.41, 5.74) is 2.27. The monoisotopic (exact) mass is 494 g/mol. The van der Waals surface area contributed by atoms with E-state index in [0.717, 1.165) is 5.69 Å². The van der Waals surface area contributed by atoms with Crippen LogP contribution in [-0.4, -0.2) is 73.6 Å². The van der Waals surface area contributed by atoms with Crippen LogP contribution in [0.15, 0.2) is 59.8 Å². The lowest BCUT2D eigenvalue weighted by atomic mass is 9.95. The van der Waals surface area contributed by atoms with E-state index < -0.39 is 18.0 Å². The summed E-state index contributed by atoms with van der Waals surface area (Å²) >= 11 is 0. The maximum atomic E-state index is 13.2. The van der Waals surface area contributed by atoms with Crippen molar-refractivity contribution >= 4 is 23.6 Å². The third-order valence-electron chi connectivity index (χ3n) is 6.65. The fourth-order valence-electron chi connectivity index (χ4n) is 4.82. The number of halogens is 1. The Bertz CT molecular complexity index is 1210. The highest BCUT2D eigenvalue weighted by Gasteiger charge is 2.44. The summed E-state index contributed by atoms with van der Waals surface area (Å²) in [5, 5.41) is 2.86. The number of hydrogen-bond donors (Lipinski definition) is 1. The number of carbonyl (C=O) groups is 3. The number of carbonyl (C=O) groups excluding carboxylic acids is 3. The summed E-state index contributed by atoms with van der Waals surface area (Å²) in [4.78, 5) is 44.0. The second-order valence-electron chi connectivity index (χ2n) is 8.72. The van der Waals surface area contributed by atoms with Gasteiger partial charge in [0.05, 0.1) is 23.9 Å². The first-order chi connectivity index (χ1) is 17.5. The fraction of sp³-hybridized carbons (Fsp3) is 0.346. The van der Waals surface area contributed by atoms with Crippen molar-refractivity contribution < 1.29 is 28.2 Å². The predicted molar refractivity (Wildman–Crippen MR) is 129 cm³/mol. The molecule has 1 fully saturated rings. The van der Waals surface area contributed by atoms with E-state index in [0.29, 0.717) is 55.4 Å². The molecule has 2 aromatic rings. The average Bonchev–Trinajstić information content (AvgIpc) is 3.28. The molecule has 36 heavy (non-hydrogen) atoms. The smallest absolute Gasteiger partial charge is 0.338 e. The van der Waals surface area contributed by atoms with Crippen molar-refractivity contribution in [3.8, 4) is 5.75 Å². The molecule has 1 atom stereocenters. The minimum atomic E-state index is -0.726. The molecular formula is C26H27FN4O5. The molecule has 3 heterocycles. The first-order valence-corrected chi connectivity index (χ1v) is 11.9. The third kappa shape index (κ3) is 4.46. The van der Waals surface area contributed by atoms with Gasteiger partial charge in [-0.1, -0.05) is 18.2 Å². The summed E-state index contributed by atoms with van der Waals surface area (Å²) in [6.07, 6.45) is 0. The topological polar surface area (TPSA) is 91.4 Å². The van der Waals surface area contributed by atoms with Crippen molar-refractivity contribution in [1.82, 2.24) is 15.1 Å². The zero-order valence-corrected chi connectivity index (χ0v) is 19.9. The molecular weight excluding hydrogens is 467 g/mol. The van der Waals surface area contributed by atoms with Gasteiger partial charge < -0.3 is 24.6 Å². The second-order valence-corrected chi connectivity index (χ2v) is 8.72. The first kappa shape index (κ1) is 23.7. The Hall–Kier alpha value is -4.08. The molecule has 10 heteroatoms. The molecule has 5 rings (SSSR count). The van der Waals surface area contributed by atoms with Gasteiger partial charge in [0, 0.05) is 37.4 Å². The molecule has 0 saturated carbocycles. The molecule has 1 N–H and O–H groups in total. The largest absolute Gasteiger partial charge is 0.494 e. The quantitative estimate of drug-likeness (QED) is 0.621. The Balaban J connectivity index is 1.31. The number of piperazine rings is 1. The molecule has 0 bridgehead atoms. The van der Waals surface area contributed by atoms with E-state index in [9.17, 15) is 18.8 Å². The van der Waals surface area contributed by atoms with Crippen molar-refractivity contribution in [3.05, 3.63) is 71.2 Å². The number of ether oxygens (including phenoxy) is 2. The van der Waals surface area contributed by atoms with Crippen molar-refractivity contribution in [2.24, 2.45) is 0 Å². The number of amides is 3. The second kappa shape index (κ2) is 9.88. The van der Waals surface area contributed by atoms with Gasteiger partial charge in [0.2, 0.25) is 5.91 Å². The van der Waals surface area contributed by atoms with Crippen LogP contribution in [-0.2, 0) is 14.3 Å². The highest BCUT2D eigenvalue weighted by Crippen LogP contribution is 2.38. The van der Waals surface area contributed by atoms with Gasteiger partial charge in [-0.2, -0.15) is 0 Å². The van der Waals surface area contributed by atoms with Crippen molar-refractivity contribution in [1.29, 1.82) is 0 Å². The van der Waals surface area contributed by atoms with E-state index in [1.165, 1.54) is 17.0 Å². The number of esters is 1. The first-order valence-electron chi connectivity index (χ1n) is 11.9. The van der Waals surface area contributed by atoms with Gasteiger partial charge in [0.15, 0.2) is 0 Å². The molecule has 188 valence electrons. The molecule has 9 nitrogen and oxygen atoms in total. The van der Waals surface area contributed by atoms with Crippen molar-refractivity contribution in [3.63, 3.8) is 0 Å². The molecule has 0 unspecified atom stereocenters. The Morgan fingerprint density at radius 3 is 2.53 bits per heavy atom. The molecule has 1 saturated heterocycles. The molecule has 3 aliphatic rings. The number of benzene rings is 2. The Morgan fingerprint density at radius 1 is 1.08 bits per heavy atom. The van der Waals surface area contributed by atoms with E-state index in [-0.39, 0.29) is 24.9 Å². The van der Waals surface area contributed by atoms with Crippen LogP contribution < -0.4 is 15.0 Å². The Labute approximate surface area is 208 Å². The predicted octanol–water partition coefficient (Wildman–Crippen LogP) is 2.45. The van der Waals surface area contributed by atoms with Gasteiger partial charge in [0.25, 0.3) is 0 Å². The van der Waals surface area contributed by atoms with E-state index in [1.54, 1.807) is 29.2 Å². The van der Waals surface area contributed by atoms with Crippen LogP contribution in [0.5, 0.6) is 5.75 Å². The zero-order valence-electron chi connectivity index (χ0n) is 19.9. The number of hydrogen-bond acceptors (Lipinski definition) is 6. The van der Waals surface area contributed by atoms with Crippen LogP contribution in [0.3, 0.4) is 0 Å². The van der Waals surface area contributed by atoms with Crippen molar-refractivity contribution in [2.45, 2.75) is 13.0 Å². The number of anilines is 1. The van der Waals surface area contributed by atoms with Crippen LogP contribution in [0.2, 0.25) is 0 Å². The molecule has 2 aromatic carbocycles.